The largest absolute Gasteiger partial charge is 0.378 e. The van der Waals surface area contributed by atoms with Crippen molar-refractivity contribution in [2.75, 3.05) is 0 Å². The molecule has 0 fully saturated rings. The summed E-state index contributed by atoms with van der Waals surface area (Å²) in [6, 6.07) is 22.0. The second-order valence-corrected chi connectivity index (χ2v) is 9.80. The van der Waals surface area contributed by atoms with Crippen molar-refractivity contribution in [1.29, 1.82) is 0 Å². The van der Waals surface area contributed by atoms with E-state index in [1.807, 2.05) is 48.1 Å². The zero-order valence-corrected chi connectivity index (χ0v) is 20.5. The number of halogens is 1. The van der Waals surface area contributed by atoms with Gasteiger partial charge in [0.1, 0.15) is 4.90 Å². The highest BCUT2D eigenvalue weighted by molar-refractivity contribution is 9.10. The van der Waals surface area contributed by atoms with Gasteiger partial charge >= 0.3 is 10.1 Å². The SMILES string of the molecule is Cc1ccc(S(=O)(=O)Oc2ccc(Br)cc2/C=N/NC(=O)c2ccccc2-n2cccc2)cc1. The lowest BCUT2D eigenvalue weighted by molar-refractivity contribution is 0.0955. The van der Waals surface area contributed by atoms with Gasteiger partial charge in [-0.2, -0.15) is 13.5 Å². The number of amides is 1. The molecule has 3 aromatic carbocycles. The van der Waals surface area contributed by atoms with E-state index in [9.17, 15) is 13.2 Å². The van der Waals surface area contributed by atoms with Crippen molar-refractivity contribution in [2.45, 2.75) is 11.8 Å². The van der Waals surface area contributed by atoms with Crippen LogP contribution in [0.3, 0.4) is 0 Å². The summed E-state index contributed by atoms with van der Waals surface area (Å²) in [5, 5.41) is 4.03. The molecule has 0 bridgehead atoms. The van der Waals surface area contributed by atoms with Crippen LogP contribution < -0.4 is 9.61 Å². The number of hydrazone groups is 1. The van der Waals surface area contributed by atoms with Gasteiger partial charge in [-0.05, 0) is 61.5 Å². The van der Waals surface area contributed by atoms with Crippen molar-refractivity contribution in [3.8, 4) is 11.4 Å². The quantitative estimate of drug-likeness (QED) is 0.202. The number of nitrogens with zero attached hydrogens (tertiary/aromatic N) is 2. The summed E-state index contributed by atoms with van der Waals surface area (Å²) in [7, 11) is -4.05. The molecule has 0 atom stereocenters. The van der Waals surface area contributed by atoms with Gasteiger partial charge < -0.3 is 8.75 Å². The summed E-state index contributed by atoms with van der Waals surface area (Å²) in [5.74, 6) is -0.334. The second kappa shape index (κ2) is 10.1. The first-order chi connectivity index (χ1) is 16.3. The fraction of sp³-hybridized carbons (Fsp3) is 0.0400. The van der Waals surface area contributed by atoms with Crippen LogP contribution in [0.2, 0.25) is 0 Å². The lowest BCUT2D eigenvalue weighted by Crippen LogP contribution is -2.19. The molecule has 0 saturated heterocycles. The zero-order valence-electron chi connectivity index (χ0n) is 18.1. The van der Waals surface area contributed by atoms with E-state index in [4.69, 9.17) is 4.18 Å². The first-order valence-corrected chi connectivity index (χ1v) is 12.4. The normalized spacial score (nSPS) is 11.5. The highest BCUT2D eigenvalue weighted by atomic mass is 79.9. The van der Waals surface area contributed by atoms with Crippen molar-refractivity contribution >= 4 is 38.2 Å². The fourth-order valence-electron chi connectivity index (χ4n) is 3.17. The van der Waals surface area contributed by atoms with E-state index in [-0.39, 0.29) is 10.6 Å². The number of hydrogen-bond donors (Lipinski definition) is 1. The standard InChI is InChI=1S/C25H20BrN3O4S/c1-18-8-11-21(12-9-18)34(31,32)33-24-13-10-20(26)16-19(24)17-27-28-25(30)22-6-2-3-7-23(22)29-14-4-5-15-29/h2-17H,1H3,(H,28,30)/b27-17+. The van der Waals surface area contributed by atoms with Gasteiger partial charge in [-0.3, -0.25) is 4.79 Å². The minimum atomic E-state index is -4.05. The zero-order chi connectivity index (χ0) is 24.1. The number of rotatable bonds is 7. The van der Waals surface area contributed by atoms with E-state index in [1.54, 1.807) is 36.4 Å². The van der Waals surface area contributed by atoms with E-state index in [2.05, 4.69) is 26.5 Å². The second-order valence-electron chi connectivity index (χ2n) is 7.34. The number of para-hydroxylation sites is 1. The average molecular weight is 538 g/mol. The molecule has 1 aromatic heterocycles. The minimum Gasteiger partial charge on any atom is -0.378 e. The maximum atomic E-state index is 12.8. The topological polar surface area (TPSA) is 89.8 Å². The number of hydrogen-bond acceptors (Lipinski definition) is 5. The van der Waals surface area contributed by atoms with E-state index < -0.39 is 16.0 Å². The summed E-state index contributed by atoms with van der Waals surface area (Å²) in [5.41, 5.74) is 4.93. The van der Waals surface area contributed by atoms with Crippen LogP contribution in [0, 0.1) is 6.92 Å². The van der Waals surface area contributed by atoms with Crippen LogP contribution in [0.5, 0.6) is 5.75 Å². The molecule has 4 aromatic rings. The first-order valence-electron chi connectivity index (χ1n) is 10.2. The molecule has 9 heteroatoms. The Hall–Kier alpha value is -3.69. The summed E-state index contributed by atoms with van der Waals surface area (Å²) >= 11 is 3.36. The molecule has 0 aliphatic carbocycles. The fourth-order valence-corrected chi connectivity index (χ4v) is 4.51. The number of aromatic nitrogens is 1. The highest BCUT2D eigenvalue weighted by Crippen LogP contribution is 2.25. The van der Waals surface area contributed by atoms with Gasteiger partial charge in [-0.15, -0.1) is 0 Å². The Balaban J connectivity index is 1.55. The molecule has 0 unspecified atom stereocenters. The minimum absolute atomic E-state index is 0.0406. The maximum absolute atomic E-state index is 12.8. The van der Waals surface area contributed by atoms with Crippen LogP contribution in [0.25, 0.3) is 5.69 Å². The molecule has 1 amide bonds. The molecular formula is C25H20BrN3O4S. The molecule has 0 radical (unpaired) electrons. The molecule has 172 valence electrons. The van der Waals surface area contributed by atoms with Crippen molar-refractivity contribution in [2.24, 2.45) is 5.10 Å². The molecule has 0 spiro atoms. The van der Waals surface area contributed by atoms with Crippen LogP contribution in [-0.4, -0.2) is 25.1 Å². The van der Waals surface area contributed by atoms with Crippen LogP contribution in [0.1, 0.15) is 21.5 Å². The van der Waals surface area contributed by atoms with E-state index in [0.29, 0.717) is 21.3 Å². The smallest absolute Gasteiger partial charge is 0.339 e. The third kappa shape index (κ3) is 5.44. The van der Waals surface area contributed by atoms with Gasteiger partial charge in [0.15, 0.2) is 5.75 Å². The molecule has 7 nitrogen and oxygen atoms in total. The monoisotopic (exact) mass is 537 g/mol. The van der Waals surface area contributed by atoms with E-state index in [0.717, 1.165) is 5.56 Å². The predicted octanol–water partition coefficient (Wildman–Crippen LogP) is 5.08. The van der Waals surface area contributed by atoms with Gasteiger partial charge in [0.2, 0.25) is 0 Å². The molecule has 0 saturated carbocycles. The van der Waals surface area contributed by atoms with Gasteiger partial charge in [0.05, 0.1) is 17.5 Å². The Bertz CT molecular complexity index is 1450. The van der Waals surface area contributed by atoms with Gasteiger partial charge in [-0.1, -0.05) is 45.8 Å². The Morgan fingerprint density at radius 3 is 2.44 bits per heavy atom. The third-order valence-electron chi connectivity index (χ3n) is 4.88. The van der Waals surface area contributed by atoms with Gasteiger partial charge in [0.25, 0.3) is 5.91 Å². The summed E-state index contributed by atoms with van der Waals surface area (Å²) in [6.07, 6.45) is 5.02. The van der Waals surface area contributed by atoms with Crippen molar-refractivity contribution < 1.29 is 17.4 Å². The summed E-state index contributed by atoms with van der Waals surface area (Å²) < 4.78 is 33.3. The number of benzene rings is 3. The Morgan fingerprint density at radius 1 is 1.00 bits per heavy atom. The number of carbonyl (C=O) groups excluding carboxylic acids is 1. The molecule has 0 aliphatic rings. The van der Waals surface area contributed by atoms with Crippen LogP contribution in [0.15, 0.2) is 106 Å². The molecule has 0 aliphatic heterocycles. The number of carbonyl (C=O) groups is 1. The molecule has 1 heterocycles. The van der Waals surface area contributed by atoms with Crippen LogP contribution in [0.4, 0.5) is 0 Å². The maximum Gasteiger partial charge on any atom is 0.339 e. The van der Waals surface area contributed by atoms with Crippen molar-refractivity contribution in [3.05, 3.63) is 112 Å². The summed E-state index contributed by atoms with van der Waals surface area (Å²) in [6.45, 7) is 1.87. The van der Waals surface area contributed by atoms with Gasteiger partial charge in [-0.25, -0.2) is 5.43 Å². The number of nitrogens with one attached hydrogen (secondary N) is 1. The Labute approximate surface area is 206 Å². The van der Waals surface area contributed by atoms with Crippen LogP contribution >= 0.6 is 15.9 Å². The van der Waals surface area contributed by atoms with Crippen LogP contribution in [-0.2, 0) is 10.1 Å². The molecule has 34 heavy (non-hydrogen) atoms. The lowest BCUT2D eigenvalue weighted by Gasteiger charge is -2.11. The van der Waals surface area contributed by atoms with E-state index in [1.165, 1.54) is 24.4 Å². The first kappa shape index (κ1) is 23.5. The van der Waals surface area contributed by atoms with Gasteiger partial charge in [0, 0.05) is 22.4 Å². The predicted molar refractivity (Wildman–Crippen MR) is 134 cm³/mol. The number of aryl methyl sites for hydroxylation is 1. The van der Waals surface area contributed by atoms with Crippen molar-refractivity contribution in [1.82, 2.24) is 9.99 Å². The molecule has 4 rings (SSSR count). The average Bonchev–Trinajstić information content (AvgIpc) is 3.36. The van der Waals surface area contributed by atoms with Crippen molar-refractivity contribution in [3.63, 3.8) is 0 Å². The lowest BCUT2D eigenvalue weighted by atomic mass is 10.1. The summed E-state index contributed by atoms with van der Waals surface area (Å²) in [4.78, 5) is 12.8. The highest BCUT2D eigenvalue weighted by Gasteiger charge is 2.18. The molecule has 1 N–H and O–H groups in total. The van der Waals surface area contributed by atoms with E-state index >= 15 is 0 Å². The molecular weight excluding hydrogens is 518 g/mol. The third-order valence-corrected chi connectivity index (χ3v) is 6.62. The Morgan fingerprint density at radius 2 is 1.71 bits per heavy atom. The Kier molecular flexibility index (Phi) is 6.95.